The fourth-order valence-corrected chi connectivity index (χ4v) is 2.40. The van der Waals surface area contributed by atoms with E-state index in [2.05, 4.69) is 10.6 Å². The van der Waals surface area contributed by atoms with Gasteiger partial charge in [-0.05, 0) is 37.5 Å². The molecule has 2 rings (SSSR count). The minimum Gasteiger partial charge on any atom is -0.341 e. The summed E-state index contributed by atoms with van der Waals surface area (Å²) in [6, 6.07) is 4.94. The lowest BCUT2D eigenvalue weighted by atomic mass is 10.2. The summed E-state index contributed by atoms with van der Waals surface area (Å²) in [7, 11) is 0. The number of anilines is 1. The van der Waals surface area contributed by atoms with E-state index in [0.717, 1.165) is 31.5 Å². The van der Waals surface area contributed by atoms with Crippen molar-refractivity contribution >= 4 is 29.2 Å². The van der Waals surface area contributed by atoms with Gasteiger partial charge in [-0.2, -0.15) is 0 Å². The van der Waals surface area contributed by atoms with Crippen molar-refractivity contribution < 1.29 is 9.59 Å². The SMILES string of the molecule is Cc1ccc(NC(=O)NCC(=O)N2CCCC2)c(Cl)c1. The van der Waals surface area contributed by atoms with E-state index in [1.165, 1.54) is 0 Å². The molecule has 1 fully saturated rings. The minimum absolute atomic E-state index is 0.00924. The number of benzene rings is 1. The highest BCUT2D eigenvalue weighted by Crippen LogP contribution is 2.22. The van der Waals surface area contributed by atoms with Crippen molar-refractivity contribution in [1.82, 2.24) is 10.2 Å². The number of hydrogen-bond donors (Lipinski definition) is 2. The van der Waals surface area contributed by atoms with E-state index in [-0.39, 0.29) is 12.5 Å². The maximum absolute atomic E-state index is 11.8. The minimum atomic E-state index is -0.428. The zero-order chi connectivity index (χ0) is 14.5. The smallest absolute Gasteiger partial charge is 0.319 e. The van der Waals surface area contributed by atoms with Gasteiger partial charge < -0.3 is 15.5 Å². The zero-order valence-electron chi connectivity index (χ0n) is 11.4. The summed E-state index contributed by atoms with van der Waals surface area (Å²) in [6.45, 7) is 3.50. The maximum atomic E-state index is 11.8. The second kappa shape index (κ2) is 6.61. The van der Waals surface area contributed by atoms with Crippen LogP contribution in [0, 0.1) is 6.92 Å². The predicted molar refractivity (Wildman–Crippen MR) is 79.0 cm³/mol. The number of nitrogens with one attached hydrogen (secondary N) is 2. The molecular weight excluding hydrogens is 278 g/mol. The quantitative estimate of drug-likeness (QED) is 0.899. The molecule has 0 atom stereocenters. The van der Waals surface area contributed by atoms with Crippen LogP contribution in [0.1, 0.15) is 18.4 Å². The first-order valence-electron chi connectivity index (χ1n) is 6.65. The highest BCUT2D eigenvalue weighted by atomic mass is 35.5. The van der Waals surface area contributed by atoms with Crippen LogP contribution in [0.2, 0.25) is 5.02 Å². The van der Waals surface area contributed by atoms with Crippen molar-refractivity contribution in [2.24, 2.45) is 0 Å². The summed E-state index contributed by atoms with van der Waals surface area (Å²) in [4.78, 5) is 25.3. The van der Waals surface area contributed by atoms with Gasteiger partial charge in [0.15, 0.2) is 0 Å². The molecule has 1 aliphatic heterocycles. The van der Waals surface area contributed by atoms with Gasteiger partial charge in [0.25, 0.3) is 0 Å². The molecule has 2 N–H and O–H groups in total. The van der Waals surface area contributed by atoms with Gasteiger partial charge in [0.05, 0.1) is 17.3 Å². The molecule has 1 aliphatic rings. The van der Waals surface area contributed by atoms with Crippen LogP contribution in [-0.2, 0) is 4.79 Å². The van der Waals surface area contributed by atoms with Gasteiger partial charge in [-0.1, -0.05) is 17.7 Å². The molecule has 1 aromatic carbocycles. The van der Waals surface area contributed by atoms with Crippen LogP contribution in [0.15, 0.2) is 18.2 Å². The molecule has 108 valence electrons. The number of hydrogen-bond acceptors (Lipinski definition) is 2. The molecule has 0 unspecified atom stereocenters. The highest BCUT2D eigenvalue weighted by Gasteiger charge is 2.18. The Morgan fingerprint density at radius 3 is 2.65 bits per heavy atom. The van der Waals surface area contributed by atoms with E-state index in [9.17, 15) is 9.59 Å². The molecule has 1 heterocycles. The zero-order valence-corrected chi connectivity index (χ0v) is 12.2. The van der Waals surface area contributed by atoms with Crippen molar-refractivity contribution in [1.29, 1.82) is 0 Å². The van der Waals surface area contributed by atoms with Crippen LogP contribution in [0.4, 0.5) is 10.5 Å². The lowest BCUT2D eigenvalue weighted by Gasteiger charge is -2.15. The molecule has 0 radical (unpaired) electrons. The molecular formula is C14H18ClN3O2. The van der Waals surface area contributed by atoms with E-state index in [1.54, 1.807) is 17.0 Å². The third-order valence-electron chi connectivity index (χ3n) is 3.23. The first-order valence-corrected chi connectivity index (χ1v) is 7.03. The van der Waals surface area contributed by atoms with E-state index < -0.39 is 6.03 Å². The number of rotatable bonds is 3. The maximum Gasteiger partial charge on any atom is 0.319 e. The van der Waals surface area contributed by atoms with Crippen molar-refractivity contribution in [3.05, 3.63) is 28.8 Å². The predicted octanol–water partition coefficient (Wildman–Crippen LogP) is 2.39. The molecule has 0 saturated carbocycles. The first-order chi connectivity index (χ1) is 9.56. The number of urea groups is 1. The summed E-state index contributed by atoms with van der Waals surface area (Å²) in [5.41, 5.74) is 1.55. The third-order valence-corrected chi connectivity index (χ3v) is 3.54. The number of carbonyl (C=O) groups is 2. The van der Waals surface area contributed by atoms with Crippen molar-refractivity contribution in [3.8, 4) is 0 Å². The standard InChI is InChI=1S/C14H18ClN3O2/c1-10-4-5-12(11(15)8-10)17-14(20)16-9-13(19)18-6-2-3-7-18/h4-5,8H,2-3,6-7,9H2,1H3,(H2,16,17,20). The van der Waals surface area contributed by atoms with Crippen LogP contribution in [0.5, 0.6) is 0 Å². The average molecular weight is 296 g/mol. The fraction of sp³-hybridized carbons (Fsp3) is 0.429. The Balaban J connectivity index is 1.81. The van der Waals surface area contributed by atoms with E-state index >= 15 is 0 Å². The van der Waals surface area contributed by atoms with Crippen molar-refractivity contribution in [2.75, 3.05) is 25.0 Å². The Morgan fingerprint density at radius 2 is 2.00 bits per heavy atom. The van der Waals surface area contributed by atoms with Crippen LogP contribution >= 0.6 is 11.6 Å². The topological polar surface area (TPSA) is 61.4 Å². The van der Waals surface area contributed by atoms with Gasteiger partial charge in [-0.15, -0.1) is 0 Å². The number of amides is 3. The number of carbonyl (C=O) groups excluding carboxylic acids is 2. The van der Waals surface area contributed by atoms with E-state index in [0.29, 0.717) is 10.7 Å². The molecule has 1 aromatic rings. The normalized spacial score (nSPS) is 14.2. The Morgan fingerprint density at radius 1 is 1.30 bits per heavy atom. The molecule has 0 bridgehead atoms. The Hall–Kier alpha value is -1.75. The highest BCUT2D eigenvalue weighted by molar-refractivity contribution is 6.33. The molecule has 5 nitrogen and oxygen atoms in total. The van der Waals surface area contributed by atoms with Gasteiger partial charge >= 0.3 is 6.03 Å². The molecule has 6 heteroatoms. The van der Waals surface area contributed by atoms with Crippen molar-refractivity contribution in [2.45, 2.75) is 19.8 Å². The van der Waals surface area contributed by atoms with Gasteiger partial charge in [0.1, 0.15) is 0 Å². The Kier molecular flexibility index (Phi) is 4.84. The van der Waals surface area contributed by atoms with Crippen LogP contribution < -0.4 is 10.6 Å². The average Bonchev–Trinajstić information content (AvgIpc) is 2.93. The lowest BCUT2D eigenvalue weighted by Crippen LogP contribution is -2.40. The summed E-state index contributed by atoms with van der Waals surface area (Å²) < 4.78 is 0. The van der Waals surface area contributed by atoms with E-state index in [1.807, 2.05) is 13.0 Å². The third kappa shape index (κ3) is 3.87. The largest absolute Gasteiger partial charge is 0.341 e. The van der Waals surface area contributed by atoms with Crippen molar-refractivity contribution in [3.63, 3.8) is 0 Å². The second-order valence-corrected chi connectivity index (χ2v) is 5.29. The first kappa shape index (κ1) is 14.7. The number of halogens is 1. The van der Waals surface area contributed by atoms with Gasteiger partial charge in [0, 0.05) is 13.1 Å². The molecule has 1 saturated heterocycles. The molecule has 0 aliphatic carbocycles. The Bertz CT molecular complexity index is 513. The number of likely N-dealkylation sites (tertiary alicyclic amines) is 1. The molecule has 0 spiro atoms. The summed E-state index contributed by atoms with van der Waals surface area (Å²) in [6.07, 6.45) is 2.08. The van der Waals surface area contributed by atoms with Crippen LogP contribution in [0.25, 0.3) is 0 Å². The summed E-state index contributed by atoms with van der Waals surface area (Å²) >= 11 is 6.02. The van der Waals surface area contributed by atoms with Gasteiger partial charge in [-0.25, -0.2) is 4.79 Å². The second-order valence-electron chi connectivity index (χ2n) is 4.88. The lowest BCUT2D eigenvalue weighted by molar-refractivity contribution is -0.128. The van der Waals surface area contributed by atoms with Gasteiger partial charge in [0.2, 0.25) is 5.91 Å². The number of aryl methyl sites for hydroxylation is 1. The molecule has 20 heavy (non-hydrogen) atoms. The summed E-state index contributed by atoms with van der Waals surface area (Å²) in [5, 5.41) is 5.66. The van der Waals surface area contributed by atoms with Crippen LogP contribution in [-0.4, -0.2) is 36.5 Å². The van der Waals surface area contributed by atoms with Crippen LogP contribution in [0.3, 0.4) is 0 Å². The van der Waals surface area contributed by atoms with Gasteiger partial charge in [-0.3, -0.25) is 4.79 Å². The monoisotopic (exact) mass is 295 g/mol. The number of nitrogens with zero attached hydrogens (tertiary/aromatic N) is 1. The van der Waals surface area contributed by atoms with E-state index in [4.69, 9.17) is 11.6 Å². The Labute approximate surface area is 123 Å². The molecule has 3 amide bonds. The molecule has 0 aromatic heterocycles. The summed E-state index contributed by atoms with van der Waals surface area (Å²) in [5.74, 6) is -0.0485. The fourth-order valence-electron chi connectivity index (χ4n) is 2.12.